The summed E-state index contributed by atoms with van der Waals surface area (Å²) in [5.41, 5.74) is 0.433. The van der Waals surface area contributed by atoms with Gasteiger partial charge in [0.25, 0.3) is 0 Å². The van der Waals surface area contributed by atoms with Crippen LogP contribution in [0.5, 0.6) is 0 Å². The molecule has 7 heteroatoms. The minimum atomic E-state index is -0.432. The molecule has 2 aromatic rings. The van der Waals surface area contributed by atoms with E-state index in [1.807, 2.05) is 37.9 Å². The van der Waals surface area contributed by atoms with Crippen LogP contribution in [0.15, 0.2) is 18.6 Å². The zero-order chi connectivity index (χ0) is 17.8. The Hall–Kier alpha value is -2.31. The third-order valence-corrected chi connectivity index (χ3v) is 5.20. The molecule has 1 amide bonds. The Morgan fingerprint density at radius 3 is 2.76 bits per heavy atom. The summed E-state index contributed by atoms with van der Waals surface area (Å²) in [6.07, 6.45) is 3.31. The lowest BCUT2D eigenvalue weighted by molar-refractivity contribution is 0.0266. The number of piperidine rings is 1. The van der Waals surface area contributed by atoms with Gasteiger partial charge in [0.2, 0.25) is 0 Å². The van der Waals surface area contributed by atoms with E-state index in [2.05, 4.69) is 26.9 Å². The number of rotatable bonds is 3. The van der Waals surface area contributed by atoms with Crippen molar-refractivity contribution in [2.45, 2.75) is 26.4 Å². The van der Waals surface area contributed by atoms with Crippen molar-refractivity contribution in [1.82, 2.24) is 19.9 Å². The summed E-state index contributed by atoms with van der Waals surface area (Å²) in [5, 5.41) is 1.05. The maximum atomic E-state index is 12.2. The molecule has 2 aromatic heterocycles. The number of fused-ring (bicyclic) bond motifs is 2. The predicted molar refractivity (Wildman–Crippen MR) is 95.4 cm³/mol. The van der Waals surface area contributed by atoms with Crippen LogP contribution < -0.4 is 4.90 Å². The van der Waals surface area contributed by atoms with Gasteiger partial charge in [-0.2, -0.15) is 0 Å². The first kappa shape index (κ1) is 16.2. The van der Waals surface area contributed by atoms with Gasteiger partial charge in [-0.05, 0) is 44.6 Å². The van der Waals surface area contributed by atoms with E-state index in [4.69, 9.17) is 4.74 Å². The number of anilines is 1. The van der Waals surface area contributed by atoms with Gasteiger partial charge in [0, 0.05) is 32.9 Å². The summed E-state index contributed by atoms with van der Waals surface area (Å²) in [5.74, 6) is 2.74. The Morgan fingerprint density at radius 2 is 2.08 bits per heavy atom. The molecule has 1 saturated heterocycles. The second-order valence-corrected chi connectivity index (χ2v) is 8.19. The lowest BCUT2D eigenvalue weighted by Gasteiger charge is -2.26. The second-order valence-electron chi connectivity index (χ2n) is 8.19. The van der Waals surface area contributed by atoms with E-state index in [1.54, 1.807) is 6.33 Å². The molecule has 0 spiro atoms. The molecule has 2 atom stereocenters. The fourth-order valence-corrected chi connectivity index (χ4v) is 3.96. The zero-order valence-corrected chi connectivity index (χ0v) is 15.2. The smallest absolute Gasteiger partial charge is 0.410 e. The molecule has 3 heterocycles. The summed E-state index contributed by atoms with van der Waals surface area (Å²) in [6, 6.07) is 2.01. The van der Waals surface area contributed by atoms with Crippen LogP contribution in [-0.4, -0.2) is 58.2 Å². The lowest BCUT2D eigenvalue weighted by atomic mass is 10.2. The minimum Gasteiger partial charge on any atom is -0.444 e. The van der Waals surface area contributed by atoms with Crippen molar-refractivity contribution in [3.63, 3.8) is 0 Å². The monoisotopic (exact) mass is 343 g/mol. The normalized spacial score (nSPS) is 25.1. The topological polar surface area (TPSA) is 74.3 Å². The molecule has 4 rings (SSSR count). The number of nitrogens with zero attached hydrogens (tertiary/aromatic N) is 4. The summed E-state index contributed by atoms with van der Waals surface area (Å²) >= 11 is 0. The summed E-state index contributed by atoms with van der Waals surface area (Å²) in [4.78, 5) is 28.0. The van der Waals surface area contributed by atoms with Crippen LogP contribution >= 0.6 is 0 Å². The zero-order valence-electron chi connectivity index (χ0n) is 15.2. The molecular weight excluding hydrogens is 318 g/mol. The molecule has 0 bridgehead atoms. The minimum absolute atomic E-state index is 0.184. The third kappa shape index (κ3) is 3.03. The molecule has 0 aromatic carbocycles. The van der Waals surface area contributed by atoms with E-state index >= 15 is 0 Å². The largest absolute Gasteiger partial charge is 0.444 e. The van der Waals surface area contributed by atoms with Crippen LogP contribution in [0.4, 0.5) is 10.6 Å². The fraction of sp³-hybridized carbons (Fsp3) is 0.611. The van der Waals surface area contributed by atoms with Gasteiger partial charge in [0.05, 0.1) is 5.39 Å². The van der Waals surface area contributed by atoms with Gasteiger partial charge in [-0.1, -0.05) is 0 Å². The second kappa shape index (κ2) is 5.61. The maximum Gasteiger partial charge on any atom is 0.410 e. The highest BCUT2D eigenvalue weighted by atomic mass is 16.6. The Balaban J connectivity index is 1.35. The van der Waals surface area contributed by atoms with Gasteiger partial charge < -0.3 is 19.5 Å². The van der Waals surface area contributed by atoms with E-state index in [-0.39, 0.29) is 6.09 Å². The molecule has 0 radical (unpaired) electrons. The number of nitrogens with one attached hydrogen (secondary N) is 1. The van der Waals surface area contributed by atoms with Crippen molar-refractivity contribution in [2.24, 2.45) is 17.8 Å². The molecule has 1 aliphatic heterocycles. The van der Waals surface area contributed by atoms with Crippen LogP contribution in [0.2, 0.25) is 0 Å². The SMILES string of the molecule is CN(CC1[C@@H]2CN(C(=O)OC(C)(C)C)C[C@@H]12)c1ncnc2[nH]ccc12. The van der Waals surface area contributed by atoms with E-state index in [9.17, 15) is 4.79 Å². The van der Waals surface area contributed by atoms with Gasteiger partial charge in [-0.3, -0.25) is 0 Å². The van der Waals surface area contributed by atoms with Crippen molar-refractivity contribution >= 4 is 22.9 Å². The molecule has 1 aliphatic carbocycles. The Bertz CT molecular complexity index is 784. The van der Waals surface area contributed by atoms with E-state index < -0.39 is 5.60 Å². The van der Waals surface area contributed by atoms with Gasteiger partial charge >= 0.3 is 6.09 Å². The number of carbonyl (C=O) groups is 1. The molecule has 7 nitrogen and oxygen atoms in total. The van der Waals surface area contributed by atoms with E-state index in [1.165, 1.54) is 0 Å². The standard InChI is InChI=1S/C18H25N5O2/c1-18(2,3)25-17(24)23-8-13-12(14(13)9-23)7-22(4)16-11-5-6-19-15(11)20-10-21-16/h5-6,10,12-14H,7-9H2,1-4H3,(H,19,20,21)/t13-,14-/m0/s1. The number of amides is 1. The van der Waals surface area contributed by atoms with E-state index in [0.29, 0.717) is 17.8 Å². The Labute approximate surface area is 147 Å². The quantitative estimate of drug-likeness (QED) is 0.927. The van der Waals surface area contributed by atoms with E-state index in [0.717, 1.165) is 36.5 Å². The Morgan fingerprint density at radius 1 is 1.36 bits per heavy atom. The number of carbonyl (C=O) groups excluding carboxylic acids is 1. The highest BCUT2D eigenvalue weighted by Crippen LogP contribution is 2.52. The fourth-order valence-electron chi connectivity index (χ4n) is 3.96. The van der Waals surface area contributed by atoms with Crippen molar-refractivity contribution in [2.75, 3.05) is 31.6 Å². The number of aromatic amines is 1. The maximum absolute atomic E-state index is 12.2. The van der Waals surface area contributed by atoms with Crippen LogP contribution in [0.3, 0.4) is 0 Å². The molecule has 25 heavy (non-hydrogen) atoms. The first-order valence-corrected chi connectivity index (χ1v) is 8.80. The Kier molecular flexibility index (Phi) is 3.63. The van der Waals surface area contributed by atoms with Crippen LogP contribution in [0.25, 0.3) is 11.0 Å². The van der Waals surface area contributed by atoms with Crippen molar-refractivity contribution < 1.29 is 9.53 Å². The van der Waals surface area contributed by atoms with Crippen LogP contribution in [0, 0.1) is 17.8 Å². The number of aromatic nitrogens is 3. The van der Waals surface area contributed by atoms with Crippen molar-refractivity contribution in [1.29, 1.82) is 0 Å². The third-order valence-electron chi connectivity index (χ3n) is 5.20. The highest BCUT2D eigenvalue weighted by Gasteiger charge is 2.57. The number of ether oxygens (including phenoxy) is 1. The highest BCUT2D eigenvalue weighted by molar-refractivity contribution is 5.87. The number of likely N-dealkylation sites (tertiary alicyclic amines) is 1. The summed E-state index contributed by atoms with van der Waals surface area (Å²) < 4.78 is 5.47. The molecule has 1 N–H and O–H groups in total. The average Bonchev–Trinajstić information content (AvgIpc) is 2.97. The van der Waals surface area contributed by atoms with Crippen LogP contribution in [-0.2, 0) is 4.74 Å². The summed E-state index contributed by atoms with van der Waals surface area (Å²) in [7, 11) is 2.08. The predicted octanol–water partition coefficient (Wildman–Crippen LogP) is 2.51. The van der Waals surface area contributed by atoms with Crippen molar-refractivity contribution in [3.05, 3.63) is 18.6 Å². The molecule has 134 valence electrons. The average molecular weight is 343 g/mol. The van der Waals surface area contributed by atoms with Gasteiger partial charge in [0.1, 0.15) is 23.4 Å². The van der Waals surface area contributed by atoms with Gasteiger partial charge in [-0.15, -0.1) is 0 Å². The van der Waals surface area contributed by atoms with Crippen molar-refractivity contribution in [3.8, 4) is 0 Å². The van der Waals surface area contributed by atoms with Gasteiger partial charge in [0.15, 0.2) is 0 Å². The molecule has 0 unspecified atom stereocenters. The molecule has 2 aliphatic rings. The first-order valence-electron chi connectivity index (χ1n) is 8.80. The van der Waals surface area contributed by atoms with Gasteiger partial charge in [-0.25, -0.2) is 14.8 Å². The lowest BCUT2D eigenvalue weighted by Crippen LogP contribution is -2.37. The number of hydrogen-bond donors (Lipinski definition) is 1. The number of hydrogen-bond acceptors (Lipinski definition) is 5. The first-order chi connectivity index (χ1) is 11.8. The number of H-pyrrole nitrogens is 1. The van der Waals surface area contributed by atoms with Crippen LogP contribution in [0.1, 0.15) is 20.8 Å². The molecule has 1 saturated carbocycles. The molecule has 2 fully saturated rings. The summed E-state index contributed by atoms with van der Waals surface area (Å²) in [6.45, 7) is 8.28. The molecular formula is C18H25N5O2.